The molecule has 24 heavy (non-hydrogen) atoms. The average Bonchev–Trinajstić information content (AvgIpc) is 2.61. The van der Waals surface area contributed by atoms with Crippen LogP contribution in [0.3, 0.4) is 0 Å². The lowest BCUT2D eigenvalue weighted by atomic mass is 10.0. The Kier molecular flexibility index (Phi) is 12.1. The third kappa shape index (κ3) is 9.69. The standard InChI is InChI=1S/C21H35NO2/c1-3-5-6-7-8-9-10-11-12-14-20(13-4-2)24-21(23)19-15-17-22-18-16-19/h15-18,20H,3-14H2,1-2H3. The first kappa shape index (κ1) is 20.7. The van der Waals surface area contributed by atoms with Crippen LogP contribution in [0.4, 0.5) is 0 Å². The van der Waals surface area contributed by atoms with Crippen molar-refractivity contribution in [1.29, 1.82) is 0 Å². The van der Waals surface area contributed by atoms with E-state index in [-0.39, 0.29) is 12.1 Å². The minimum absolute atomic E-state index is 0.0558. The summed E-state index contributed by atoms with van der Waals surface area (Å²) in [5, 5.41) is 0. The molecule has 0 N–H and O–H groups in total. The van der Waals surface area contributed by atoms with E-state index in [9.17, 15) is 4.79 Å². The molecule has 0 saturated carbocycles. The Bertz CT molecular complexity index is 419. The normalized spacial score (nSPS) is 12.1. The second kappa shape index (κ2) is 14.0. The van der Waals surface area contributed by atoms with Crippen molar-refractivity contribution >= 4 is 5.97 Å². The maximum absolute atomic E-state index is 12.1. The Morgan fingerprint density at radius 3 is 2.04 bits per heavy atom. The molecule has 0 saturated heterocycles. The Morgan fingerprint density at radius 1 is 0.875 bits per heavy atom. The van der Waals surface area contributed by atoms with Gasteiger partial charge in [-0.3, -0.25) is 4.98 Å². The minimum Gasteiger partial charge on any atom is -0.459 e. The van der Waals surface area contributed by atoms with Gasteiger partial charge in [0.15, 0.2) is 0 Å². The highest BCUT2D eigenvalue weighted by molar-refractivity contribution is 5.89. The summed E-state index contributed by atoms with van der Waals surface area (Å²) >= 11 is 0. The third-order valence-corrected chi connectivity index (χ3v) is 4.43. The number of rotatable bonds is 14. The van der Waals surface area contributed by atoms with Crippen LogP contribution in [-0.4, -0.2) is 17.1 Å². The van der Waals surface area contributed by atoms with Gasteiger partial charge in [-0.15, -0.1) is 0 Å². The number of aromatic nitrogens is 1. The lowest BCUT2D eigenvalue weighted by Gasteiger charge is -2.17. The predicted molar refractivity (Wildman–Crippen MR) is 100 cm³/mol. The first-order valence-corrected chi connectivity index (χ1v) is 9.89. The molecule has 136 valence electrons. The minimum atomic E-state index is -0.216. The van der Waals surface area contributed by atoms with E-state index in [0.29, 0.717) is 5.56 Å². The van der Waals surface area contributed by atoms with E-state index in [0.717, 1.165) is 25.7 Å². The molecule has 0 aliphatic rings. The molecule has 1 rings (SSSR count). The Hall–Kier alpha value is -1.38. The number of carbonyl (C=O) groups excluding carboxylic acids is 1. The van der Waals surface area contributed by atoms with Gasteiger partial charge >= 0.3 is 5.97 Å². The van der Waals surface area contributed by atoms with E-state index in [1.165, 1.54) is 51.4 Å². The van der Waals surface area contributed by atoms with E-state index in [1.54, 1.807) is 24.5 Å². The number of unbranched alkanes of at least 4 members (excludes halogenated alkanes) is 8. The molecule has 0 bridgehead atoms. The van der Waals surface area contributed by atoms with Crippen molar-refractivity contribution in [1.82, 2.24) is 4.98 Å². The summed E-state index contributed by atoms with van der Waals surface area (Å²) in [6, 6.07) is 3.42. The zero-order valence-electron chi connectivity index (χ0n) is 15.6. The summed E-state index contributed by atoms with van der Waals surface area (Å²) in [4.78, 5) is 16.1. The van der Waals surface area contributed by atoms with Crippen LogP contribution in [0, 0.1) is 0 Å². The van der Waals surface area contributed by atoms with Gasteiger partial charge in [0.25, 0.3) is 0 Å². The van der Waals surface area contributed by atoms with Crippen LogP contribution in [0.25, 0.3) is 0 Å². The van der Waals surface area contributed by atoms with Crippen LogP contribution in [0.1, 0.15) is 101 Å². The largest absolute Gasteiger partial charge is 0.459 e. The summed E-state index contributed by atoms with van der Waals surface area (Å²) < 4.78 is 5.68. The fraction of sp³-hybridized carbons (Fsp3) is 0.714. The number of nitrogens with zero attached hydrogens (tertiary/aromatic N) is 1. The van der Waals surface area contributed by atoms with Gasteiger partial charge in [-0.2, -0.15) is 0 Å². The summed E-state index contributed by atoms with van der Waals surface area (Å²) in [5.41, 5.74) is 0.596. The topological polar surface area (TPSA) is 39.2 Å². The highest BCUT2D eigenvalue weighted by atomic mass is 16.5. The van der Waals surface area contributed by atoms with Gasteiger partial charge < -0.3 is 4.74 Å². The van der Waals surface area contributed by atoms with Crippen molar-refractivity contribution in [2.24, 2.45) is 0 Å². The molecule has 3 heteroatoms. The molecule has 0 fully saturated rings. The second-order valence-corrected chi connectivity index (χ2v) is 6.67. The van der Waals surface area contributed by atoms with Crippen LogP contribution in [0.15, 0.2) is 24.5 Å². The van der Waals surface area contributed by atoms with Gasteiger partial charge in [-0.05, 0) is 31.4 Å². The highest BCUT2D eigenvalue weighted by Gasteiger charge is 2.14. The number of carbonyl (C=O) groups is 1. The molecular weight excluding hydrogens is 298 g/mol. The number of esters is 1. The smallest absolute Gasteiger partial charge is 0.338 e. The number of hydrogen-bond acceptors (Lipinski definition) is 3. The molecule has 0 spiro atoms. The van der Waals surface area contributed by atoms with Crippen LogP contribution in [-0.2, 0) is 4.74 Å². The van der Waals surface area contributed by atoms with Crippen molar-refractivity contribution in [2.75, 3.05) is 0 Å². The van der Waals surface area contributed by atoms with Gasteiger partial charge in [0.1, 0.15) is 6.10 Å². The quantitative estimate of drug-likeness (QED) is 0.295. The molecule has 1 atom stereocenters. The first-order chi connectivity index (χ1) is 11.8. The zero-order valence-corrected chi connectivity index (χ0v) is 15.6. The van der Waals surface area contributed by atoms with Gasteiger partial charge in [-0.25, -0.2) is 4.79 Å². The van der Waals surface area contributed by atoms with Crippen LogP contribution >= 0.6 is 0 Å². The van der Waals surface area contributed by atoms with Crippen molar-refractivity contribution in [3.05, 3.63) is 30.1 Å². The number of pyridine rings is 1. The molecular formula is C21H35NO2. The second-order valence-electron chi connectivity index (χ2n) is 6.67. The molecule has 1 unspecified atom stereocenters. The van der Waals surface area contributed by atoms with Crippen molar-refractivity contribution < 1.29 is 9.53 Å². The fourth-order valence-corrected chi connectivity index (χ4v) is 2.97. The summed E-state index contributed by atoms with van der Waals surface area (Å²) in [5.74, 6) is -0.216. The van der Waals surface area contributed by atoms with Crippen LogP contribution in [0.5, 0.6) is 0 Å². The molecule has 3 nitrogen and oxygen atoms in total. The van der Waals surface area contributed by atoms with Crippen LogP contribution in [0.2, 0.25) is 0 Å². The SMILES string of the molecule is CCCCCCCCCCCC(CCC)OC(=O)c1ccncc1. The fourth-order valence-electron chi connectivity index (χ4n) is 2.97. The van der Waals surface area contributed by atoms with Gasteiger partial charge in [0.05, 0.1) is 5.56 Å². The Labute approximate surface area is 148 Å². The Morgan fingerprint density at radius 2 is 1.46 bits per heavy atom. The number of ether oxygens (including phenoxy) is 1. The number of hydrogen-bond donors (Lipinski definition) is 0. The maximum atomic E-state index is 12.1. The third-order valence-electron chi connectivity index (χ3n) is 4.43. The summed E-state index contributed by atoms with van der Waals surface area (Å²) in [6.07, 6.45) is 18.2. The molecule has 1 aromatic heterocycles. The monoisotopic (exact) mass is 333 g/mol. The van der Waals surface area contributed by atoms with Gasteiger partial charge in [0.2, 0.25) is 0 Å². The molecule has 0 aliphatic carbocycles. The van der Waals surface area contributed by atoms with E-state index < -0.39 is 0 Å². The molecule has 0 radical (unpaired) electrons. The first-order valence-electron chi connectivity index (χ1n) is 9.89. The van der Waals surface area contributed by atoms with Crippen molar-refractivity contribution in [3.8, 4) is 0 Å². The molecule has 0 aliphatic heterocycles. The lowest BCUT2D eigenvalue weighted by Crippen LogP contribution is -2.18. The molecule has 1 aromatic rings. The van der Waals surface area contributed by atoms with E-state index >= 15 is 0 Å². The predicted octanol–water partition coefficient (Wildman–Crippen LogP) is 6.33. The molecule has 0 aromatic carbocycles. The van der Waals surface area contributed by atoms with Gasteiger partial charge in [-0.1, -0.05) is 71.6 Å². The molecule has 1 heterocycles. The van der Waals surface area contributed by atoms with Crippen LogP contribution < -0.4 is 0 Å². The lowest BCUT2D eigenvalue weighted by molar-refractivity contribution is 0.0253. The maximum Gasteiger partial charge on any atom is 0.338 e. The Balaban J connectivity index is 2.16. The van der Waals surface area contributed by atoms with E-state index in [1.807, 2.05) is 0 Å². The highest BCUT2D eigenvalue weighted by Crippen LogP contribution is 2.16. The zero-order chi connectivity index (χ0) is 17.5. The van der Waals surface area contributed by atoms with E-state index in [4.69, 9.17) is 4.74 Å². The summed E-state index contributed by atoms with van der Waals surface area (Å²) in [6.45, 7) is 4.40. The summed E-state index contributed by atoms with van der Waals surface area (Å²) in [7, 11) is 0. The molecule has 0 amide bonds. The van der Waals surface area contributed by atoms with Gasteiger partial charge in [0, 0.05) is 12.4 Å². The van der Waals surface area contributed by atoms with E-state index in [2.05, 4.69) is 18.8 Å². The van der Waals surface area contributed by atoms with Crippen molar-refractivity contribution in [3.63, 3.8) is 0 Å². The average molecular weight is 334 g/mol. The van der Waals surface area contributed by atoms with Crippen molar-refractivity contribution in [2.45, 2.75) is 97.0 Å².